The van der Waals surface area contributed by atoms with Crippen molar-refractivity contribution in [1.82, 2.24) is 15.6 Å². The monoisotopic (exact) mass is 245 g/mol. The highest BCUT2D eigenvalue weighted by atomic mass is 16.3. The summed E-state index contributed by atoms with van der Waals surface area (Å²) in [6.07, 6.45) is 5.08. The first-order valence-electron chi connectivity index (χ1n) is 5.73. The van der Waals surface area contributed by atoms with Crippen LogP contribution in [0.15, 0.2) is 47.3 Å². The predicted molar refractivity (Wildman–Crippen MR) is 66.5 cm³/mol. The number of nitrogens with one attached hydrogen (secondary N) is 2. The standard InChI is InChI=1S/C13H15N3O2/c17-13(16-9-12-4-2-6-18-12)10-15-8-11-3-1-5-14-7-11/h1-7,15H,8-10H2,(H,16,17). The van der Waals surface area contributed by atoms with Crippen LogP contribution in [-0.4, -0.2) is 17.4 Å². The maximum Gasteiger partial charge on any atom is 0.234 e. The van der Waals surface area contributed by atoms with Crippen LogP contribution >= 0.6 is 0 Å². The van der Waals surface area contributed by atoms with E-state index in [1.54, 1.807) is 24.7 Å². The zero-order valence-electron chi connectivity index (χ0n) is 9.93. The van der Waals surface area contributed by atoms with E-state index in [0.717, 1.165) is 11.3 Å². The quantitative estimate of drug-likeness (QED) is 0.799. The lowest BCUT2D eigenvalue weighted by Crippen LogP contribution is -2.33. The molecule has 0 unspecified atom stereocenters. The van der Waals surface area contributed by atoms with Crippen LogP contribution in [0.1, 0.15) is 11.3 Å². The van der Waals surface area contributed by atoms with E-state index in [-0.39, 0.29) is 12.5 Å². The van der Waals surface area contributed by atoms with Gasteiger partial charge in [0.05, 0.1) is 19.4 Å². The molecule has 5 nitrogen and oxygen atoms in total. The summed E-state index contributed by atoms with van der Waals surface area (Å²) in [6, 6.07) is 7.44. The van der Waals surface area contributed by atoms with Gasteiger partial charge in [-0.15, -0.1) is 0 Å². The molecule has 2 heterocycles. The van der Waals surface area contributed by atoms with Gasteiger partial charge in [-0.1, -0.05) is 6.07 Å². The summed E-state index contributed by atoms with van der Waals surface area (Å²) in [4.78, 5) is 15.5. The van der Waals surface area contributed by atoms with E-state index >= 15 is 0 Å². The number of pyridine rings is 1. The number of rotatable bonds is 6. The molecule has 0 spiro atoms. The molecule has 0 aliphatic heterocycles. The Kier molecular flexibility index (Phi) is 4.49. The van der Waals surface area contributed by atoms with Crippen molar-refractivity contribution >= 4 is 5.91 Å². The van der Waals surface area contributed by atoms with Crippen LogP contribution in [0.25, 0.3) is 0 Å². The molecule has 0 atom stereocenters. The molecule has 2 rings (SSSR count). The van der Waals surface area contributed by atoms with Crippen LogP contribution in [0.5, 0.6) is 0 Å². The number of hydrogen-bond acceptors (Lipinski definition) is 4. The van der Waals surface area contributed by atoms with E-state index in [0.29, 0.717) is 13.1 Å². The third kappa shape index (κ3) is 4.03. The molecular formula is C13H15N3O2. The topological polar surface area (TPSA) is 67.2 Å². The Morgan fingerprint density at radius 3 is 2.94 bits per heavy atom. The number of aromatic nitrogens is 1. The predicted octanol–water partition coefficient (Wildman–Crippen LogP) is 1.08. The zero-order chi connectivity index (χ0) is 12.6. The van der Waals surface area contributed by atoms with Crippen LogP contribution in [0.3, 0.4) is 0 Å². The Morgan fingerprint density at radius 1 is 1.28 bits per heavy atom. The van der Waals surface area contributed by atoms with Crippen molar-refractivity contribution in [1.29, 1.82) is 0 Å². The van der Waals surface area contributed by atoms with E-state index in [9.17, 15) is 4.79 Å². The molecule has 0 aliphatic rings. The Hall–Kier alpha value is -2.14. The molecule has 1 amide bonds. The summed E-state index contributed by atoms with van der Waals surface area (Å²) in [5.74, 6) is 0.686. The summed E-state index contributed by atoms with van der Waals surface area (Å²) in [7, 11) is 0. The fourth-order valence-electron chi connectivity index (χ4n) is 1.48. The average molecular weight is 245 g/mol. The minimum atomic E-state index is -0.0599. The lowest BCUT2D eigenvalue weighted by molar-refractivity contribution is -0.120. The number of furan rings is 1. The van der Waals surface area contributed by atoms with Gasteiger partial charge in [0.15, 0.2) is 0 Å². The van der Waals surface area contributed by atoms with Crippen molar-refractivity contribution in [3.05, 3.63) is 54.2 Å². The van der Waals surface area contributed by atoms with Crippen molar-refractivity contribution in [3.8, 4) is 0 Å². The average Bonchev–Trinajstić information content (AvgIpc) is 2.91. The summed E-state index contributed by atoms with van der Waals surface area (Å²) in [5.41, 5.74) is 1.05. The number of carbonyl (C=O) groups excluding carboxylic acids is 1. The van der Waals surface area contributed by atoms with Gasteiger partial charge < -0.3 is 15.1 Å². The summed E-state index contributed by atoms with van der Waals surface area (Å²) in [6.45, 7) is 1.32. The summed E-state index contributed by atoms with van der Waals surface area (Å²) >= 11 is 0. The fraction of sp³-hybridized carbons (Fsp3) is 0.231. The number of carbonyl (C=O) groups is 1. The maximum atomic E-state index is 11.5. The number of hydrogen-bond donors (Lipinski definition) is 2. The molecule has 0 radical (unpaired) electrons. The first kappa shape index (κ1) is 12.3. The summed E-state index contributed by atoms with van der Waals surface area (Å²) in [5, 5.41) is 5.81. The first-order chi connectivity index (χ1) is 8.84. The molecule has 0 aromatic carbocycles. The molecule has 94 valence electrons. The molecule has 2 aromatic rings. The van der Waals surface area contributed by atoms with E-state index in [4.69, 9.17) is 4.42 Å². The highest BCUT2D eigenvalue weighted by molar-refractivity contribution is 5.77. The second kappa shape index (κ2) is 6.56. The van der Waals surface area contributed by atoms with Gasteiger partial charge in [0.2, 0.25) is 5.91 Å². The molecule has 0 bridgehead atoms. The maximum absolute atomic E-state index is 11.5. The molecule has 2 aromatic heterocycles. The second-order valence-corrected chi connectivity index (χ2v) is 3.82. The molecule has 0 saturated heterocycles. The highest BCUT2D eigenvalue weighted by Crippen LogP contribution is 1.98. The lowest BCUT2D eigenvalue weighted by atomic mass is 10.3. The van der Waals surface area contributed by atoms with Crippen molar-refractivity contribution in [3.63, 3.8) is 0 Å². The molecular weight excluding hydrogens is 230 g/mol. The van der Waals surface area contributed by atoms with Gasteiger partial charge in [-0.2, -0.15) is 0 Å². The molecule has 18 heavy (non-hydrogen) atoms. The van der Waals surface area contributed by atoms with Crippen molar-refractivity contribution in [2.75, 3.05) is 6.54 Å². The molecule has 0 aliphatic carbocycles. The molecule has 0 fully saturated rings. The van der Waals surface area contributed by atoms with Gasteiger partial charge in [0, 0.05) is 18.9 Å². The van der Waals surface area contributed by atoms with Crippen LogP contribution in [0, 0.1) is 0 Å². The molecule has 5 heteroatoms. The third-order valence-corrected chi connectivity index (χ3v) is 2.38. The van der Waals surface area contributed by atoms with E-state index in [1.165, 1.54) is 0 Å². The van der Waals surface area contributed by atoms with Gasteiger partial charge in [0.1, 0.15) is 5.76 Å². The fourth-order valence-corrected chi connectivity index (χ4v) is 1.48. The molecule has 2 N–H and O–H groups in total. The van der Waals surface area contributed by atoms with Crippen LogP contribution < -0.4 is 10.6 Å². The Balaban J connectivity index is 1.63. The van der Waals surface area contributed by atoms with Gasteiger partial charge in [-0.25, -0.2) is 0 Å². The third-order valence-electron chi connectivity index (χ3n) is 2.38. The van der Waals surface area contributed by atoms with Gasteiger partial charge in [-0.05, 0) is 23.8 Å². The van der Waals surface area contributed by atoms with Crippen LogP contribution in [-0.2, 0) is 17.9 Å². The van der Waals surface area contributed by atoms with Gasteiger partial charge in [0.25, 0.3) is 0 Å². The van der Waals surface area contributed by atoms with E-state index in [2.05, 4.69) is 15.6 Å². The largest absolute Gasteiger partial charge is 0.467 e. The van der Waals surface area contributed by atoms with E-state index in [1.807, 2.05) is 18.2 Å². The number of nitrogens with zero attached hydrogens (tertiary/aromatic N) is 1. The minimum Gasteiger partial charge on any atom is -0.467 e. The number of amides is 1. The summed E-state index contributed by atoms with van der Waals surface area (Å²) < 4.78 is 5.11. The van der Waals surface area contributed by atoms with Gasteiger partial charge in [-0.3, -0.25) is 9.78 Å². The zero-order valence-corrected chi connectivity index (χ0v) is 9.93. The van der Waals surface area contributed by atoms with E-state index < -0.39 is 0 Å². The van der Waals surface area contributed by atoms with Crippen molar-refractivity contribution in [2.24, 2.45) is 0 Å². The lowest BCUT2D eigenvalue weighted by Gasteiger charge is -2.05. The Labute approximate surface area is 105 Å². The first-order valence-corrected chi connectivity index (χ1v) is 5.73. The van der Waals surface area contributed by atoms with Crippen molar-refractivity contribution < 1.29 is 9.21 Å². The van der Waals surface area contributed by atoms with Crippen molar-refractivity contribution in [2.45, 2.75) is 13.1 Å². The highest BCUT2D eigenvalue weighted by Gasteiger charge is 2.02. The van der Waals surface area contributed by atoms with Gasteiger partial charge >= 0.3 is 0 Å². The smallest absolute Gasteiger partial charge is 0.234 e. The van der Waals surface area contributed by atoms with Crippen LogP contribution in [0.2, 0.25) is 0 Å². The SMILES string of the molecule is O=C(CNCc1cccnc1)NCc1ccco1. The molecule has 0 saturated carbocycles. The second-order valence-electron chi connectivity index (χ2n) is 3.82. The normalized spacial score (nSPS) is 10.2. The Morgan fingerprint density at radius 2 is 2.22 bits per heavy atom. The Bertz CT molecular complexity index is 468. The minimum absolute atomic E-state index is 0.0599. The van der Waals surface area contributed by atoms with Crippen LogP contribution in [0.4, 0.5) is 0 Å².